The maximum absolute atomic E-state index is 12.9. The summed E-state index contributed by atoms with van der Waals surface area (Å²) in [5, 5.41) is 11.8. The fourth-order valence-corrected chi connectivity index (χ4v) is 10.1. The van der Waals surface area contributed by atoms with E-state index in [0.29, 0.717) is 23.9 Å². The van der Waals surface area contributed by atoms with Crippen molar-refractivity contribution in [1.82, 2.24) is 0 Å². The zero-order valence-electron chi connectivity index (χ0n) is 56.7. The Morgan fingerprint density at radius 2 is 0.663 bits per heavy atom. The number of allylic oxidation sites excluding steroid dienone is 16. The molecule has 0 aliphatic carbocycles. The zero-order chi connectivity index (χ0) is 62.6. The van der Waals surface area contributed by atoms with Gasteiger partial charge in [0.1, 0.15) is 13.2 Å². The van der Waals surface area contributed by atoms with Crippen LogP contribution in [-0.4, -0.2) is 82.3 Å². The number of ether oxygens (including phenoxy) is 4. The summed E-state index contributed by atoms with van der Waals surface area (Å²) in [6, 6.07) is 0. The third kappa shape index (κ3) is 67.7. The molecule has 0 aliphatic heterocycles. The Hall–Kier alpha value is -3.79. The van der Waals surface area contributed by atoms with Crippen LogP contribution in [-0.2, 0) is 33.3 Å². The molecule has 0 aromatic heterocycles. The molecule has 2 unspecified atom stereocenters. The Kier molecular flexibility index (Phi) is 64.2. The topological polar surface area (TPSA) is 111 Å². The molecule has 0 N–H and O–H groups in total. The number of carbonyl (C=O) groups excluding carboxylic acids is 3. The normalized spacial score (nSPS) is 13.3. The van der Waals surface area contributed by atoms with Crippen molar-refractivity contribution in [2.75, 3.05) is 47.5 Å². The first-order valence-electron chi connectivity index (χ1n) is 35.9. The summed E-state index contributed by atoms with van der Waals surface area (Å²) >= 11 is 0. The highest BCUT2D eigenvalue weighted by Gasteiger charge is 2.22. The van der Waals surface area contributed by atoms with Crippen molar-refractivity contribution >= 4 is 17.9 Å². The number of likely N-dealkylation sites (N-methyl/N-ethyl adjacent to an activating group) is 1. The molecule has 9 heteroatoms. The van der Waals surface area contributed by atoms with E-state index in [4.69, 9.17) is 18.9 Å². The van der Waals surface area contributed by atoms with E-state index in [1.165, 1.54) is 186 Å². The third-order valence-corrected chi connectivity index (χ3v) is 15.6. The minimum atomic E-state index is -1.63. The quantitative estimate of drug-likeness (QED) is 0.0195. The van der Waals surface area contributed by atoms with Crippen molar-refractivity contribution in [1.29, 1.82) is 0 Å². The Morgan fingerprint density at radius 1 is 0.360 bits per heavy atom. The molecule has 86 heavy (non-hydrogen) atoms. The van der Waals surface area contributed by atoms with Crippen LogP contribution in [0.4, 0.5) is 0 Å². The van der Waals surface area contributed by atoms with Crippen LogP contribution in [0.5, 0.6) is 0 Å². The predicted octanol–water partition coefficient (Wildman–Crippen LogP) is 21.1. The van der Waals surface area contributed by atoms with Crippen molar-refractivity contribution in [2.45, 2.75) is 328 Å². The van der Waals surface area contributed by atoms with Gasteiger partial charge in [-0.1, -0.05) is 323 Å². The van der Waals surface area contributed by atoms with E-state index in [0.717, 1.165) is 96.3 Å². The number of esters is 2. The lowest BCUT2D eigenvalue weighted by atomic mass is 10.0. The third-order valence-electron chi connectivity index (χ3n) is 15.6. The van der Waals surface area contributed by atoms with Crippen LogP contribution in [0.25, 0.3) is 0 Å². The number of hydrogen-bond acceptors (Lipinski definition) is 8. The monoisotopic (exact) mass is 1200 g/mol. The van der Waals surface area contributed by atoms with Gasteiger partial charge < -0.3 is 33.3 Å². The number of quaternary nitrogens is 1. The lowest BCUT2D eigenvalue weighted by Crippen LogP contribution is -2.44. The largest absolute Gasteiger partial charge is 0.545 e. The summed E-state index contributed by atoms with van der Waals surface area (Å²) in [6.07, 6.45) is 89.2. The van der Waals surface area contributed by atoms with Crippen molar-refractivity contribution in [3.63, 3.8) is 0 Å². The fraction of sp³-hybridized carbons (Fsp3) is 0.753. The number of carboxylic acid groups (broad SMARTS) is 1. The Morgan fingerprint density at radius 3 is 0.988 bits per heavy atom. The first kappa shape index (κ1) is 82.2. The average molecular weight is 1200 g/mol. The molecule has 0 spiro atoms. The Labute approximate surface area is 531 Å². The first-order chi connectivity index (χ1) is 42.1. The van der Waals surface area contributed by atoms with Crippen LogP contribution in [0.3, 0.4) is 0 Å². The number of hydrogen-bond donors (Lipinski definition) is 0. The van der Waals surface area contributed by atoms with Gasteiger partial charge in [-0.15, -0.1) is 0 Å². The summed E-state index contributed by atoms with van der Waals surface area (Å²) in [5.41, 5.74) is 0. The lowest BCUT2D eigenvalue weighted by Gasteiger charge is -2.26. The van der Waals surface area contributed by atoms with Crippen molar-refractivity contribution in [3.05, 3.63) is 97.2 Å². The molecule has 0 bridgehead atoms. The van der Waals surface area contributed by atoms with Gasteiger partial charge in [-0.2, -0.15) is 0 Å². The number of aliphatic carboxylic acids is 1. The molecule has 0 rings (SSSR count). The maximum atomic E-state index is 12.9. The second-order valence-electron chi connectivity index (χ2n) is 25.2. The summed E-state index contributed by atoms with van der Waals surface area (Å²) < 4.78 is 22.8. The van der Waals surface area contributed by atoms with Gasteiger partial charge in [0.15, 0.2) is 12.4 Å². The number of carboxylic acids is 1. The molecule has 0 saturated heterocycles. The Balaban J connectivity index is 4.14. The maximum Gasteiger partial charge on any atom is 0.306 e. The van der Waals surface area contributed by atoms with Gasteiger partial charge in [-0.05, 0) is 77.0 Å². The lowest BCUT2D eigenvalue weighted by molar-refractivity contribution is -0.870. The Bertz CT molecular complexity index is 1730. The van der Waals surface area contributed by atoms with Crippen LogP contribution < -0.4 is 5.11 Å². The highest BCUT2D eigenvalue weighted by molar-refractivity contribution is 5.70. The number of nitrogens with zero attached hydrogens (tertiary/aromatic N) is 1. The van der Waals surface area contributed by atoms with Gasteiger partial charge in [0.05, 0.1) is 40.3 Å². The summed E-state index contributed by atoms with van der Waals surface area (Å²) in [4.78, 5) is 37.5. The van der Waals surface area contributed by atoms with E-state index >= 15 is 0 Å². The van der Waals surface area contributed by atoms with E-state index < -0.39 is 24.3 Å². The van der Waals surface area contributed by atoms with Crippen molar-refractivity contribution in [3.8, 4) is 0 Å². The van der Waals surface area contributed by atoms with Crippen LogP contribution in [0.15, 0.2) is 97.2 Å². The van der Waals surface area contributed by atoms with Crippen LogP contribution in [0, 0.1) is 0 Å². The van der Waals surface area contributed by atoms with E-state index in [-0.39, 0.29) is 32.2 Å². The van der Waals surface area contributed by atoms with Crippen molar-refractivity contribution in [2.24, 2.45) is 0 Å². The predicted molar refractivity (Wildman–Crippen MR) is 366 cm³/mol. The van der Waals surface area contributed by atoms with Gasteiger partial charge >= 0.3 is 11.9 Å². The highest BCUT2D eigenvalue weighted by atomic mass is 16.7. The molecule has 0 aromatic rings. The second kappa shape index (κ2) is 67.1. The average Bonchev–Trinajstić information content (AvgIpc) is 3.64. The smallest absolute Gasteiger partial charge is 0.306 e. The first-order valence-corrected chi connectivity index (χ1v) is 35.9. The SMILES string of the molecule is CC/C=C\C/C=C\C/C=C\C/C=C\C/C=C\C/C=C\C/C=C\C/C=C\CCCCCCCCCCC(=O)OC(COC(=O)CCCCCCCCCCCCCCCCCCCCCCCCCCCCCC)COC(OCC[N+](C)(C)C)C(=O)[O-]. The molecular formula is C77H135NO8. The molecule has 0 saturated carbocycles. The molecule has 496 valence electrons. The van der Waals surface area contributed by atoms with Crippen LogP contribution in [0.1, 0.15) is 316 Å². The number of unbranched alkanes of at least 4 members (excludes halogenated alkanes) is 35. The van der Waals surface area contributed by atoms with Gasteiger partial charge in [0.25, 0.3) is 0 Å². The zero-order valence-corrected chi connectivity index (χ0v) is 56.7. The van der Waals surface area contributed by atoms with E-state index in [1.807, 2.05) is 21.1 Å². The fourth-order valence-electron chi connectivity index (χ4n) is 10.1. The standard InChI is InChI=1S/C77H135NO8/c1-6-8-10-12-14-16-18-20-22-24-26-28-30-32-34-36-37-38-39-40-42-44-46-48-50-52-54-56-58-60-62-64-66-68-75(80)86-73(72-85-77(76(81)82)83-70-69-78(3,4)5)71-84-74(79)67-65-63-61-59-57-55-53-51-49-47-45-43-41-35-33-31-29-27-25-23-21-19-17-15-13-11-9-7-2/h8,10,14,16,20,22,26,28,32,34,37-38,40,42,46,48,73,77H,6-7,9,11-13,15,17-19,21,23-25,27,29-31,33,35-36,39,41,43-45,47,49-72H2,1-5H3/b10-8-,16-14-,22-20-,28-26-,34-32-,38-37-,42-40-,48-46-. The van der Waals surface area contributed by atoms with Gasteiger partial charge in [0, 0.05) is 12.8 Å². The molecular weight excluding hydrogens is 1070 g/mol. The number of carbonyl (C=O) groups is 3. The molecule has 0 aliphatic rings. The molecule has 0 aromatic carbocycles. The number of rotatable bonds is 66. The van der Waals surface area contributed by atoms with Gasteiger partial charge in [0.2, 0.25) is 0 Å². The van der Waals surface area contributed by atoms with E-state index in [1.54, 1.807) is 0 Å². The van der Waals surface area contributed by atoms with E-state index in [9.17, 15) is 19.5 Å². The van der Waals surface area contributed by atoms with Crippen LogP contribution >= 0.6 is 0 Å². The minimum Gasteiger partial charge on any atom is -0.545 e. The molecule has 0 radical (unpaired) electrons. The second-order valence-corrected chi connectivity index (χ2v) is 25.2. The van der Waals surface area contributed by atoms with Gasteiger partial charge in [-0.25, -0.2) is 0 Å². The van der Waals surface area contributed by atoms with E-state index in [2.05, 4.69) is 111 Å². The molecule has 0 fully saturated rings. The van der Waals surface area contributed by atoms with Crippen molar-refractivity contribution < 1.29 is 42.9 Å². The molecule has 0 amide bonds. The van der Waals surface area contributed by atoms with Gasteiger partial charge in [-0.3, -0.25) is 9.59 Å². The molecule has 2 atom stereocenters. The summed E-state index contributed by atoms with van der Waals surface area (Å²) in [5.74, 6) is -2.28. The van der Waals surface area contributed by atoms with Crippen LogP contribution in [0.2, 0.25) is 0 Å². The summed E-state index contributed by atoms with van der Waals surface area (Å²) in [7, 11) is 5.93. The molecule has 9 nitrogen and oxygen atoms in total. The minimum absolute atomic E-state index is 0.143. The highest BCUT2D eigenvalue weighted by Crippen LogP contribution is 2.18. The summed E-state index contributed by atoms with van der Waals surface area (Å²) in [6.45, 7) is 4.66. The molecule has 0 heterocycles.